The third-order valence-corrected chi connectivity index (χ3v) is 4.58. The molecule has 8 heteroatoms. The van der Waals surface area contributed by atoms with E-state index >= 15 is 0 Å². The molecule has 1 aromatic carbocycles. The monoisotopic (exact) mass is 330 g/mol. The average molecular weight is 331 g/mol. The van der Waals surface area contributed by atoms with Gasteiger partial charge in [0.2, 0.25) is 10.0 Å². The third-order valence-electron chi connectivity index (χ3n) is 2.85. The topological polar surface area (TPSA) is 88.5 Å². The highest BCUT2D eigenvalue weighted by Crippen LogP contribution is 2.19. The van der Waals surface area contributed by atoms with Crippen molar-refractivity contribution in [3.63, 3.8) is 0 Å². The summed E-state index contributed by atoms with van der Waals surface area (Å²) >= 11 is 5.79. The number of nitrogens with one attached hydrogen (secondary N) is 1. The van der Waals surface area contributed by atoms with E-state index in [-0.39, 0.29) is 18.1 Å². The van der Waals surface area contributed by atoms with Crippen LogP contribution in [0.15, 0.2) is 35.2 Å². The fourth-order valence-corrected chi connectivity index (χ4v) is 3.26. The molecule has 0 amide bonds. The van der Waals surface area contributed by atoms with Crippen molar-refractivity contribution in [2.75, 3.05) is 20.3 Å². The lowest BCUT2D eigenvalue weighted by atomic mass is 10.2. The van der Waals surface area contributed by atoms with Crippen LogP contribution in [0.2, 0.25) is 5.15 Å². The highest BCUT2D eigenvalue weighted by molar-refractivity contribution is 7.89. The first-order valence-corrected chi connectivity index (χ1v) is 8.01. The van der Waals surface area contributed by atoms with Gasteiger partial charge < -0.3 is 9.84 Å². The smallest absolute Gasteiger partial charge is 0.240 e. The number of ether oxygens (including phenoxy) is 1. The van der Waals surface area contributed by atoms with E-state index in [0.29, 0.717) is 16.1 Å². The molecule has 2 rings (SSSR count). The Balaban J connectivity index is 2.33. The van der Waals surface area contributed by atoms with Crippen molar-refractivity contribution in [3.05, 3.63) is 35.5 Å². The summed E-state index contributed by atoms with van der Waals surface area (Å²) < 4.78 is 31.8. The number of fused-ring (bicyclic) bond motifs is 1. The van der Waals surface area contributed by atoms with Gasteiger partial charge in [-0.3, -0.25) is 0 Å². The van der Waals surface area contributed by atoms with Crippen molar-refractivity contribution in [1.82, 2.24) is 9.71 Å². The summed E-state index contributed by atoms with van der Waals surface area (Å²) in [7, 11) is -2.31. The van der Waals surface area contributed by atoms with E-state index in [0.717, 1.165) is 0 Å². The third kappa shape index (κ3) is 3.90. The molecule has 0 saturated heterocycles. The van der Waals surface area contributed by atoms with Crippen molar-refractivity contribution >= 4 is 32.5 Å². The van der Waals surface area contributed by atoms with E-state index in [1.165, 1.54) is 19.2 Å². The fourth-order valence-electron chi connectivity index (χ4n) is 1.86. The number of nitrogens with zero attached hydrogens (tertiary/aromatic N) is 1. The average Bonchev–Trinajstić information content (AvgIpc) is 2.45. The van der Waals surface area contributed by atoms with Gasteiger partial charge in [0.05, 0.1) is 29.7 Å². The van der Waals surface area contributed by atoms with Crippen LogP contribution < -0.4 is 4.72 Å². The highest BCUT2D eigenvalue weighted by atomic mass is 35.5. The Bertz CT molecular complexity index is 736. The van der Waals surface area contributed by atoms with Crippen LogP contribution in [0, 0.1) is 0 Å². The number of pyridine rings is 1. The lowest BCUT2D eigenvalue weighted by molar-refractivity contribution is 0.139. The minimum absolute atomic E-state index is 0.0838. The summed E-state index contributed by atoms with van der Waals surface area (Å²) in [6.45, 7) is -0.266. The van der Waals surface area contributed by atoms with Gasteiger partial charge in [0.1, 0.15) is 5.15 Å². The minimum atomic E-state index is -3.75. The Labute approximate surface area is 127 Å². The second kappa shape index (κ2) is 6.67. The summed E-state index contributed by atoms with van der Waals surface area (Å²) in [6, 6.07) is 7.12. The number of sulfonamides is 1. The first-order valence-electron chi connectivity index (χ1n) is 6.14. The van der Waals surface area contributed by atoms with Gasteiger partial charge in [-0.25, -0.2) is 18.1 Å². The summed E-state index contributed by atoms with van der Waals surface area (Å²) in [5.41, 5.74) is 0.608. The van der Waals surface area contributed by atoms with Crippen molar-refractivity contribution in [1.29, 1.82) is 0 Å². The van der Waals surface area contributed by atoms with Crippen LogP contribution in [-0.2, 0) is 14.8 Å². The van der Waals surface area contributed by atoms with E-state index in [9.17, 15) is 8.42 Å². The van der Waals surface area contributed by atoms with Gasteiger partial charge in [-0.15, -0.1) is 0 Å². The number of methoxy groups -OCH3 is 1. The zero-order valence-electron chi connectivity index (χ0n) is 11.3. The molecule has 1 heterocycles. The number of rotatable bonds is 6. The number of aliphatic hydroxyl groups excluding tert-OH is 1. The van der Waals surface area contributed by atoms with Gasteiger partial charge in [0.15, 0.2) is 0 Å². The summed E-state index contributed by atoms with van der Waals surface area (Å²) in [4.78, 5) is 4.19. The van der Waals surface area contributed by atoms with Crippen LogP contribution >= 0.6 is 11.6 Å². The zero-order chi connectivity index (χ0) is 15.5. The lowest BCUT2D eigenvalue weighted by Gasteiger charge is -2.15. The maximum atomic E-state index is 12.3. The van der Waals surface area contributed by atoms with Crippen LogP contribution in [-0.4, -0.2) is 44.9 Å². The van der Waals surface area contributed by atoms with Gasteiger partial charge in [0.25, 0.3) is 0 Å². The Morgan fingerprint density at radius 2 is 2.14 bits per heavy atom. The van der Waals surface area contributed by atoms with Crippen LogP contribution in [0.3, 0.4) is 0 Å². The largest absolute Gasteiger partial charge is 0.395 e. The molecule has 2 aromatic rings. The van der Waals surface area contributed by atoms with Crippen LogP contribution in [0.1, 0.15) is 0 Å². The molecular weight excluding hydrogens is 316 g/mol. The molecule has 21 heavy (non-hydrogen) atoms. The predicted molar refractivity (Wildman–Crippen MR) is 79.8 cm³/mol. The van der Waals surface area contributed by atoms with E-state index < -0.39 is 16.1 Å². The van der Waals surface area contributed by atoms with Gasteiger partial charge >= 0.3 is 0 Å². The van der Waals surface area contributed by atoms with E-state index in [1.54, 1.807) is 18.2 Å². The maximum Gasteiger partial charge on any atom is 0.240 e. The highest BCUT2D eigenvalue weighted by Gasteiger charge is 2.20. The summed E-state index contributed by atoms with van der Waals surface area (Å²) in [5.74, 6) is 0. The van der Waals surface area contributed by atoms with Gasteiger partial charge in [0, 0.05) is 12.5 Å². The molecule has 0 aliphatic rings. The first kappa shape index (κ1) is 16.1. The molecule has 0 bridgehead atoms. The molecule has 0 aliphatic carbocycles. The quantitative estimate of drug-likeness (QED) is 0.776. The molecule has 0 aliphatic heterocycles. The minimum Gasteiger partial charge on any atom is -0.395 e. The first-order chi connectivity index (χ1) is 9.96. The molecular formula is C13H15ClN2O4S. The van der Waals surface area contributed by atoms with Crippen molar-refractivity contribution in [2.24, 2.45) is 0 Å². The SMILES string of the molecule is COCC(CO)NS(=O)(=O)c1ccc2nc(Cl)ccc2c1. The van der Waals surface area contributed by atoms with E-state index in [2.05, 4.69) is 9.71 Å². The second-order valence-electron chi connectivity index (χ2n) is 4.44. The van der Waals surface area contributed by atoms with Crippen molar-refractivity contribution in [2.45, 2.75) is 10.9 Å². The van der Waals surface area contributed by atoms with Crippen molar-refractivity contribution < 1.29 is 18.3 Å². The van der Waals surface area contributed by atoms with E-state index in [4.69, 9.17) is 21.4 Å². The molecule has 0 radical (unpaired) electrons. The molecule has 2 N–H and O–H groups in total. The molecule has 1 aromatic heterocycles. The summed E-state index contributed by atoms with van der Waals surface area (Å²) in [5, 5.41) is 10.1. The number of hydrogen-bond donors (Lipinski definition) is 2. The van der Waals surface area contributed by atoms with Crippen LogP contribution in [0.25, 0.3) is 10.9 Å². The molecule has 1 atom stereocenters. The Hall–Kier alpha value is -1.25. The standard InChI is InChI=1S/C13H15ClN2O4S/c1-20-8-10(7-17)16-21(18,19)11-3-4-12-9(6-11)2-5-13(14)15-12/h2-6,10,16-17H,7-8H2,1H3. The number of aromatic nitrogens is 1. The Kier molecular flexibility index (Phi) is 5.13. The second-order valence-corrected chi connectivity index (χ2v) is 6.55. The fraction of sp³-hybridized carbons (Fsp3) is 0.308. The molecule has 0 fully saturated rings. The lowest BCUT2D eigenvalue weighted by Crippen LogP contribution is -2.40. The Morgan fingerprint density at radius 1 is 1.38 bits per heavy atom. The van der Waals surface area contributed by atoms with Crippen LogP contribution in [0.4, 0.5) is 0 Å². The van der Waals surface area contributed by atoms with Gasteiger partial charge in [-0.05, 0) is 30.3 Å². The molecule has 0 spiro atoms. The van der Waals surface area contributed by atoms with Crippen molar-refractivity contribution in [3.8, 4) is 0 Å². The number of halogens is 1. The predicted octanol–water partition coefficient (Wildman–Crippen LogP) is 1.17. The Morgan fingerprint density at radius 3 is 2.81 bits per heavy atom. The molecule has 1 unspecified atom stereocenters. The zero-order valence-corrected chi connectivity index (χ0v) is 12.9. The number of benzene rings is 1. The summed E-state index contributed by atoms with van der Waals surface area (Å²) in [6.07, 6.45) is 0. The van der Waals surface area contributed by atoms with Crippen LogP contribution in [0.5, 0.6) is 0 Å². The molecule has 0 saturated carbocycles. The number of hydrogen-bond acceptors (Lipinski definition) is 5. The molecule has 114 valence electrons. The normalized spacial score (nSPS) is 13.5. The number of aliphatic hydroxyl groups is 1. The molecule has 6 nitrogen and oxygen atoms in total. The van der Waals surface area contributed by atoms with E-state index in [1.807, 2.05) is 0 Å². The van der Waals surface area contributed by atoms with Gasteiger partial charge in [-0.2, -0.15) is 0 Å². The van der Waals surface area contributed by atoms with Gasteiger partial charge in [-0.1, -0.05) is 11.6 Å². The maximum absolute atomic E-state index is 12.3.